The molecule has 28 heavy (non-hydrogen) atoms. The molecule has 0 radical (unpaired) electrons. The van der Waals surface area contributed by atoms with Crippen LogP contribution in [0.5, 0.6) is 0 Å². The molecule has 2 rings (SSSR count). The van der Waals surface area contributed by atoms with E-state index in [1.165, 1.54) is 0 Å². The minimum Gasteiger partial charge on any atom is -0.466 e. The van der Waals surface area contributed by atoms with Gasteiger partial charge >= 0.3 is 13.1 Å². The molecule has 0 atom stereocenters. The third kappa shape index (κ3) is 5.49. The van der Waals surface area contributed by atoms with E-state index in [4.69, 9.17) is 14.0 Å². The molecule has 152 valence electrons. The van der Waals surface area contributed by atoms with Crippen LogP contribution in [0.2, 0.25) is 0 Å². The molecule has 1 saturated heterocycles. The molecule has 0 unspecified atom stereocenters. The van der Waals surface area contributed by atoms with Crippen molar-refractivity contribution in [3.8, 4) is 0 Å². The number of Topliss-reactive ketones (excluding diaryl/α,β-unsaturated/α-hetero) is 1. The molecule has 0 N–H and O–H groups in total. The van der Waals surface area contributed by atoms with Crippen molar-refractivity contribution in [1.29, 1.82) is 0 Å². The quantitative estimate of drug-likeness (QED) is 0.305. The first-order valence-electron chi connectivity index (χ1n) is 9.55. The number of ether oxygens (including phenoxy) is 1. The SMILES string of the molecule is CCOC(=O)CCC(=O)c1ccc(C=C(CS)B2OC(C)(C)C(C)(C)O2)cc1. The van der Waals surface area contributed by atoms with E-state index in [1.807, 2.05) is 45.9 Å². The van der Waals surface area contributed by atoms with E-state index in [0.29, 0.717) is 17.9 Å². The Kier molecular flexibility index (Phi) is 7.54. The number of hydrogen-bond acceptors (Lipinski definition) is 6. The van der Waals surface area contributed by atoms with Crippen molar-refractivity contribution < 1.29 is 23.6 Å². The maximum atomic E-state index is 12.2. The Labute approximate surface area is 173 Å². The monoisotopic (exact) mass is 404 g/mol. The van der Waals surface area contributed by atoms with Gasteiger partial charge in [-0.3, -0.25) is 9.59 Å². The average Bonchev–Trinajstić information content (AvgIpc) is 2.85. The first-order valence-corrected chi connectivity index (χ1v) is 10.2. The van der Waals surface area contributed by atoms with Gasteiger partial charge in [-0.15, -0.1) is 0 Å². The van der Waals surface area contributed by atoms with Gasteiger partial charge in [0, 0.05) is 17.7 Å². The lowest BCUT2D eigenvalue weighted by molar-refractivity contribution is -0.143. The first-order chi connectivity index (χ1) is 13.1. The zero-order valence-corrected chi connectivity index (χ0v) is 18.2. The van der Waals surface area contributed by atoms with Crippen molar-refractivity contribution in [2.75, 3.05) is 12.4 Å². The van der Waals surface area contributed by atoms with Crippen LogP contribution in [0.1, 0.15) is 63.4 Å². The van der Waals surface area contributed by atoms with Gasteiger partial charge in [0.2, 0.25) is 0 Å². The van der Waals surface area contributed by atoms with Crippen LogP contribution in [-0.4, -0.2) is 42.4 Å². The van der Waals surface area contributed by atoms with Gasteiger partial charge in [0.25, 0.3) is 0 Å². The standard InChI is InChI=1S/C21H29BO5S/c1-6-25-19(24)12-11-18(23)16-9-7-15(8-10-16)13-17(14-28)22-26-20(2,3)21(4,5)27-22/h7-10,13,28H,6,11-12,14H2,1-5H3. The maximum absolute atomic E-state index is 12.2. The molecule has 0 aliphatic carbocycles. The summed E-state index contributed by atoms with van der Waals surface area (Å²) >= 11 is 4.43. The number of esters is 1. The lowest BCUT2D eigenvalue weighted by Gasteiger charge is -2.32. The summed E-state index contributed by atoms with van der Waals surface area (Å²) < 4.78 is 17.0. The summed E-state index contributed by atoms with van der Waals surface area (Å²) in [5, 5.41) is 0. The van der Waals surface area contributed by atoms with Gasteiger partial charge in [-0.05, 0) is 45.7 Å². The van der Waals surface area contributed by atoms with Crippen molar-refractivity contribution in [1.82, 2.24) is 0 Å². The summed E-state index contributed by atoms with van der Waals surface area (Å²) in [6, 6.07) is 7.26. The van der Waals surface area contributed by atoms with E-state index in [-0.39, 0.29) is 24.6 Å². The summed E-state index contributed by atoms with van der Waals surface area (Å²) in [5.41, 5.74) is 1.61. The van der Waals surface area contributed by atoms with Crippen molar-refractivity contribution in [2.24, 2.45) is 0 Å². The fraction of sp³-hybridized carbons (Fsp3) is 0.524. The van der Waals surface area contributed by atoms with Crippen molar-refractivity contribution in [2.45, 2.75) is 58.7 Å². The zero-order valence-electron chi connectivity index (χ0n) is 17.3. The van der Waals surface area contributed by atoms with E-state index >= 15 is 0 Å². The Morgan fingerprint density at radius 1 is 1.07 bits per heavy atom. The average molecular weight is 404 g/mol. The smallest absolute Gasteiger partial charge is 0.466 e. The molecular weight excluding hydrogens is 375 g/mol. The van der Waals surface area contributed by atoms with Crippen LogP contribution in [0.3, 0.4) is 0 Å². The van der Waals surface area contributed by atoms with E-state index in [2.05, 4.69) is 12.6 Å². The van der Waals surface area contributed by atoms with E-state index in [1.54, 1.807) is 19.1 Å². The fourth-order valence-corrected chi connectivity index (χ4v) is 3.00. The largest absolute Gasteiger partial charge is 0.491 e. The Morgan fingerprint density at radius 3 is 2.14 bits per heavy atom. The molecular formula is C21H29BO5S. The Balaban J connectivity index is 2.06. The predicted octanol–water partition coefficient (Wildman–Crippen LogP) is 4.16. The maximum Gasteiger partial charge on any atom is 0.491 e. The number of hydrogen-bond donors (Lipinski definition) is 1. The van der Waals surface area contributed by atoms with Gasteiger partial charge in [0.05, 0.1) is 24.2 Å². The molecule has 5 nitrogen and oxygen atoms in total. The predicted molar refractivity (Wildman–Crippen MR) is 115 cm³/mol. The van der Waals surface area contributed by atoms with E-state index < -0.39 is 18.3 Å². The summed E-state index contributed by atoms with van der Waals surface area (Å²) in [6.45, 7) is 10.1. The van der Waals surface area contributed by atoms with Crippen LogP contribution in [0.15, 0.2) is 29.7 Å². The van der Waals surface area contributed by atoms with Crippen LogP contribution >= 0.6 is 12.6 Å². The topological polar surface area (TPSA) is 61.8 Å². The van der Waals surface area contributed by atoms with E-state index in [0.717, 1.165) is 11.0 Å². The van der Waals surface area contributed by atoms with Crippen molar-refractivity contribution >= 4 is 37.6 Å². The van der Waals surface area contributed by atoms with Gasteiger partial charge in [-0.25, -0.2) is 0 Å². The second kappa shape index (κ2) is 9.29. The molecule has 0 aromatic heterocycles. The number of carbonyl (C=O) groups excluding carboxylic acids is 2. The molecule has 1 aromatic carbocycles. The van der Waals surface area contributed by atoms with Crippen LogP contribution in [-0.2, 0) is 18.8 Å². The Bertz CT molecular complexity index is 724. The second-order valence-electron chi connectivity index (χ2n) is 7.82. The minimum absolute atomic E-state index is 0.0797. The molecule has 0 bridgehead atoms. The van der Waals surface area contributed by atoms with Gasteiger partial charge in [-0.1, -0.05) is 30.3 Å². The highest BCUT2D eigenvalue weighted by molar-refractivity contribution is 7.80. The summed E-state index contributed by atoms with van der Waals surface area (Å²) in [4.78, 5) is 23.6. The van der Waals surface area contributed by atoms with Gasteiger partial charge in [0.15, 0.2) is 5.78 Å². The molecule has 0 amide bonds. The number of ketones is 1. The van der Waals surface area contributed by atoms with Crippen LogP contribution < -0.4 is 0 Å². The molecule has 1 heterocycles. The number of benzene rings is 1. The molecule has 1 aliphatic heterocycles. The first kappa shape index (κ1) is 22.7. The van der Waals surface area contributed by atoms with Crippen molar-refractivity contribution in [3.63, 3.8) is 0 Å². The molecule has 1 fully saturated rings. The van der Waals surface area contributed by atoms with Crippen LogP contribution in [0.25, 0.3) is 6.08 Å². The zero-order chi connectivity index (χ0) is 20.9. The second-order valence-corrected chi connectivity index (χ2v) is 8.13. The van der Waals surface area contributed by atoms with Gasteiger partial charge in [-0.2, -0.15) is 12.6 Å². The van der Waals surface area contributed by atoms with E-state index in [9.17, 15) is 9.59 Å². The minimum atomic E-state index is -0.451. The summed E-state index contributed by atoms with van der Waals surface area (Å²) in [6.07, 6.45) is 2.21. The Morgan fingerprint density at radius 2 is 1.64 bits per heavy atom. The van der Waals surface area contributed by atoms with Crippen molar-refractivity contribution in [3.05, 3.63) is 40.9 Å². The molecule has 1 aliphatic rings. The summed E-state index contributed by atoms with van der Waals surface area (Å²) in [5.74, 6) is 0.0667. The lowest BCUT2D eigenvalue weighted by atomic mass is 9.78. The number of carbonyl (C=O) groups is 2. The van der Waals surface area contributed by atoms with Crippen LogP contribution in [0, 0.1) is 0 Å². The molecule has 0 saturated carbocycles. The third-order valence-corrected chi connectivity index (χ3v) is 5.55. The van der Waals surface area contributed by atoms with Crippen LogP contribution in [0.4, 0.5) is 0 Å². The highest BCUT2D eigenvalue weighted by atomic mass is 32.1. The lowest BCUT2D eigenvalue weighted by Crippen LogP contribution is -2.41. The highest BCUT2D eigenvalue weighted by Gasteiger charge is 2.52. The Hall–Kier alpha value is -1.57. The molecule has 7 heteroatoms. The normalized spacial score (nSPS) is 18.2. The highest BCUT2D eigenvalue weighted by Crippen LogP contribution is 2.39. The fourth-order valence-electron chi connectivity index (χ4n) is 2.76. The third-order valence-electron chi connectivity index (χ3n) is 5.18. The summed E-state index contributed by atoms with van der Waals surface area (Å²) in [7, 11) is -0.451. The van der Waals surface area contributed by atoms with Gasteiger partial charge in [0.1, 0.15) is 0 Å². The van der Waals surface area contributed by atoms with Gasteiger partial charge < -0.3 is 14.0 Å². The number of thiol groups is 1. The molecule has 0 spiro atoms. The number of rotatable bonds is 8. The molecule has 1 aromatic rings.